The van der Waals surface area contributed by atoms with E-state index in [1.54, 1.807) is 30.3 Å². The molecule has 0 bridgehead atoms. The first-order valence-corrected chi connectivity index (χ1v) is 7.36. The molecular weight excluding hydrogens is 313 g/mol. The highest BCUT2D eigenvalue weighted by atomic mass is 19.1. The zero-order valence-electron chi connectivity index (χ0n) is 13.6. The Morgan fingerprint density at radius 2 is 1.79 bits per heavy atom. The molecule has 2 rings (SSSR count). The number of carboxylic acids is 1. The molecule has 0 aliphatic heterocycles. The highest BCUT2D eigenvalue weighted by Gasteiger charge is 2.36. The number of hydrogen-bond donors (Lipinski definition) is 2. The number of ether oxygens (including phenoxy) is 2. The fourth-order valence-electron chi connectivity index (χ4n) is 2.53. The summed E-state index contributed by atoms with van der Waals surface area (Å²) in [5, 5.41) is 9.60. The van der Waals surface area contributed by atoms with Crippen LogP contribution in [0.4, 0.5) is 4.39 Å². The average Bonchev–Trinajstić information content (AvgIpc) is 2.57. The SMILES string of the molecule is COc1ccc(C[C@](N)(Cc2ccccc2F)C(=O)O)c(OC)c1. The van der Waals surface area contributed by atoms with Gasteiger partial charge in [-0.3, -0.25) is 4.79 Å². The molecule has 5 nitrogen and oxygen atoms in total. The monoisotopic (exact) mass is 333 g/mol. The van der Waals surface area contributed by atoms with Gasteiger partial charge in [-0.25, -0.2) is 4.39 Å². The predicted molar refractivity (Wildman–Crippen MR) is 87.9 cm³/mol. The second-order valence-corrected chi connectivity index (χ2v) is 5.58. The fourth-order valence-corrected chi connectivity index (χ4v) is 2.53. The Morgan fingerprint density at radius 1 is 1.12 bits per heavy atom. The number of rotatable bonds is 7. The Balaban J connectivity index is 2.35. The van der Waals surface area contributed by atoms with E-state index in [2.05, 4.69) is 0 Å². The topological polar surface area (TPSA) is 81.8 Å². The lowest BCUT2D eigenvalue weighted by molar-refractivity contribution is -0.143. The van der Waals surface area contributed by atoms with Crippen LogP contribution in [0.5, 0.6) is 11.5 Å². The van der Waals surface area contributed by atoms with Gasteiger partial charge in [0.1, 0.15) is 22.9 Å². The molecule has 2 aromatic rings. The highest BCUT2D eigenvalue weighted by Crippen LogP contribution is 2.29. The predicted octanol–water partition coefficient (Wildman–Crippen LogP) is 2.41. The van der Waals surface area contributed by atoms with Crippen LogP contribution in [0.2, 0.25) is 0 Å². The molecule has 1 atom stereocenters. The Bertz CT molecular complexity index is 735. The third-order valence-electron chi connectivity index (χ3n) is 3.89. The van der Waals surface area contributed by atoms with Crippen molar-refractivity contribution in [2.24, 2.45) is 5.73 Å². The van der Waals surface area contributed by atoms with E-state index in [1.165, 1.54) is 26.4 Å². The molecule has 3 N–H and O–H groups in total. The van der Waals surface area contributed by atoms with Crippen LogP contribution in [0.25, 0.3) is 0 Å². The van der Waals surface area contributed by atoms with Crippen LogP contribution in [0, 0.1) is 5.82 Å². The van der Waals surface area contributed by atoms with Gasteiger partial charge in [0, 0.05) is 18.9 Å². The first-order chi connectivity index (χ1) is 11.4. The molecule has 128 valence electrons. The summed E-state index contributed by atoms with van der Waals surface area (Å²) in [6.45, 7) is 0. The molecule has 0 aliphatic carbocycles. The first kappa shape index (κ1) is 17.7. The van der Waals surface area contributed by atoms with Crippen LogP contribution >= 0.6 is 0 Å². The molecule has 0 heterocycles. The molecule has 6 heteroatoms. The van der Waals surface area contributed by atoms with Gasteiger partial charge in [-0.1, -0.05) is 24.3 Å². The molecule has 2 aromatic carbocycles. The van der Waals surface area contributed by atoms with E-state index in [0.29, 0.717) is 17.1 Å². The highest BCUT2D eigenvalue weighted by molar-refractivity contribution is 5.79. The third kappa shape index (κ3) is 3.83. The van der Waals surface area contributed by atoms with Crippen molar-refractivity contribution in [1.29, 1.82) is 0 Å². The van der Waals surface area contributed by atoms with Crippen LogP contribution < -0.4 is 15.2 Å². The number of carboxylic acid groups (broad SMARTS) is 1. The number of benzene rings is 2. The third-order valence-corrected chi connectivity index (χ3v) is 3.89. The van der Waals surface area contributed by atoms with E-state index in [-0.39, 0.29) is 18.4 Å². The molecule has 0 saturated heterocycles. The molecule has 0 aliphatic rings. The largest absolute Gasteiger partial charge is 0.497 e. The van der Waals surface area contributed by atoms with E-state index in [0.717, 1.165) is 0 Å². The quantitative estimate of drug-likeness (QED) is 0.813. The lowest BCUT2D eigenvalue weighted by Gasteiger charge is -2.26. The molecule has 0 amide bonds. The molecule has 0 fully saturated rings. The van der Waals surface area contributed by atoms with Crippen LogP contribution in [-0.4, -0.2) is 30.8 Å². The minimum Gasteiger partial charge on any atom is -0.497 e. The Kier molecular flexibility index (Phi) is 5.41. The van der Waals surface area contributed by atoms with Crippen LogP contribution in [-0.2, 0) is 17.6 Å². The number of nitrogens with two attached hydrogens (primary N) is 1. The van der Waals surface area contributed by atoms with Crippen LogP contribution in [0.15, 0.2) is 42.5 Å². The van der Waals surface area contributed by atoms with E-state index in [9.17, 15) is 14.3 Å². The number of aliphatic carboxylic acids is 1. The normalized spacial score (nSPS) is 13.2. The molecular formula is C18H20FNO4. The van der Waals surface area contributed by atoms with Gasteiger partial charge < -0.3 is 20.3 Å². The summed E-state index contributed by atoms with van der Waals surface area (Å²) in [6, 6.07) is 11.1. The molecule has 0 spiro atoms. The average molecular weight is 333 g/mol. The van der Waals surface area contributed by atoms with Crippen molar-refractivity contribution in [3.63, 3.8) is 0 Å². The molecule has 0 unspecified atom stereocenters. The van der Waals surface area contributed by atoms with Gasteiger partial charge in [0.05, 0.1) is 14.2 Å². The smallest absolute Gasteiger partial charge is 0.324 e. The molecule has 0 radical (unpaired) electrons. The fraction of sp³-hybridized carbons (Fsp3) is 0.278. The summed E-state index contributed by atoms with van der Waals surface area (Å²) >= 11 is 0. The van der Waals surface area contributed by atoms with Crippen molar-refractivity contribution in [3.8, 4) is 11.5 Å². The maximum Gasteiger partial charge on any atom is 0.324 e. The van der Waals surface area contributed by atoms with Crippen molar-refractivity contribution in [2.45, 2.75) is 18.4 Å². The van der Waals surface area contributed by atoms with Gasteiger partial charge in [-0.2, -0.15) is 0 Å². The van der Waals surface area contributed by atoms with Crippen LogP contribution in [0.3, 0.4) is 0 Å². The van der Waals surface area contributed by atoms with Gasteiger partial charge in [0.15, 0.2) is 0 Å². The van der Waals surface area contributed by atoms with Gasteiger partial charge in [-0.05, 0) is 23.3 Å². The van der Waals surface area contributed by atoms with E-state index >= 15 is 0 Å². The number of methoxy groups -OCH3 is 2. The number of hydrogen-bond acceptors (Lipinski definition) is 4. The summed E-state index contributed by atoms with van der Waals surface area (Å²) in [4.78, 5) is 11.8. The van der Waals surface area contributed by atoms with Crippen LogP contribution in [0.1, 0.15) is 11.1 Å². The number of halogens is 1. The van der Waals surface area contributed by atoms with E-state index < -0.39 is 17.3 Å². The molecule has 24 heavy (non-hydrogen) atoms. The lowest BCUT2D eigenvalue weighted by atomic mass is 9.85. The zero-order chi connectivity index (χ0) is 17.7. The number of carbonyl (C=O) groups is 1. The Morgan fingerprint density at radius 3 is 2.38 bits per heavy atom. The van der Waals surface area contributed by atoms with Crippen molar-refractivity contribution in [3.05, 3.63) is 59.4 Å². The minimum atomic E-state index is -1.66. The maximum atomic E-state index is 13.9. The summed E-state index contributed by atoms with van der Waals surface area (Å²) in [5.74, 6) is -0.625. The summed E-state index contributed by atoms with van der Waals surface area (Å²) in [6.07, 6.45) is -0.145. The van der Waals surface area contributed by atoms with Crippen molar-refractivity contribution in [2.75, 3.05) is 14.2 Å². The molecule has 0 saturated carbocycles. The second kappa shape index (κ2) is 7.31. The summed E-state index contributed by atoms with van der Waals surface area (Å²) < 4.78 is 24.3. The summed E-state index contributed by atoms with van der Waals surface area (Å²) in [7, 11) is 3.01. The Labute approximate surface area is 139 Å². The Hall–Kier alpha value is -2.60. The van der Waals surface area contributed by atoms with Gasteiger partial charge >= 0.3 is 5.97 Å². The van der Waals surface area contributed by atoms with Crippen molar-refractivity contribution in [1.82, 2.24) is 0 Å². The standard InChI is InChI=1S/C18H20FNO4/c1-23-14-8-7-13(16(9-14)24-2)11-18(20,17(21)22)10-12-5-3-4-6-15(12)19/h3-9H,10-11,20H2,1-2H3,(H,21,22)/t18-/m1/s1. The van der Waals surface area contributed by atoms with Crippen molar-refractivity contribution < 1.29 is 23.8 Å². The van der Waals surface area contributed by atoms with E-state index in [1.807, 2.05) is 0 Å². The first-order valence-electron chi connectivity index (χ1n) is 7.36. The zero-order valence-corrected chi connectivity index (χ0v) is 13.6. The van der Waals surface area contributed by atoms with Gasteiger partial charge in [0.25, 0.3) is 0 Å². The van der Waals surface area contributed by atoms with Crippen molar-refractivity contribution >= 4 is 5.97 Å². The lowest BCUT2D eigenvalue weighted by Crippen LogP contribution is -2.52. The van der Waals surface area contributed by atoms with E-state index in [4.69, 9.17) is 15.2 Å². The minimum absolute atomic E-state index is 0.0101. The molecule has 0 aromatic heterocycles. The maximum absolute atomic E-state index is 13.9. The van der Waals surface area contributed by atoms with Gasteiger partial charge in [0.2, 0.25) is 0 Å². The second-order valence-electron chi connectivity index (χ2n) is 5.58. The van der Waals surface area contributed by atoms with Gasteiger partial charge in [-0.15, -0.1) is 0 Å². The summed E-state index contributed by atoms with van der Waals surface area (Å²) in [5.41, 5.74) is 5.32.